The molecule has 0 aliphatic heterocycles. The quantitative estimate of drug-likeness (QED) is 0.767. The van der Waals surface area contributed by atoms with E-state index >= 15 is 0 Å². The molecule has 0 saturated heterocycles. The van der Waals surface area contributed by atoms with Crippen LogP contribution < -0.4 is 5.32 Å². The van der Waals surface area contributed by atoms with Gasteiger partial charge in [-0.2, -0.15) is 0 Å². The van der Waals surface area contributed by atoms with Crippen LogP contribution >= 0.6 is 15.9 Å². The molecule has 1 aliphatic rings. The first-order valence-corrected chi connectivity index (χ1v) is 7.96. The third-order valence-electron chi connectivity index (χ3n) is 3.98. The molecule has 100 valence electrons. The van der Waals surface area contributed by atoms with Gasteiger partial charge in [-0.05, 0) is 38.0 Å². The van der Waals surface area contributed by atoms with Crippen molar-refractivity contribution < 1.29 is 4.79 Å². The van der Waals surface area contributed by atoms with Gasteiger partial charge in [-0.15, -0.1) is 0 Å². The van der Waals surface area contributed by atoms with Gasteiger partial charge in [-0.1, -0.05) is 42.6 Å². The lowest BCUT2D eigenvalue weighted by Crippen LogP contribution is -2.44. The summed E-state index contributed by atoms with van der Waals surface area (Å²) in [6, 6.07) is 0.303. The Labute approximate surface area is 114 Å². The molecule has 0 heterocycles. The zero-order valence-electron chi connectivity index (χ0n) is 11.4. The molecule has 0 bridgehead atoms. The van der Waals surface area contributed by atoms with Crippen LogP contribution in [0.3, 0.4) is 0 Å². The average molecular weight is 304 g/mol. The minimum atomic E-state index is 0.178. The van der Waals surface area contributed by atoms with Crippen molar-refractivity contribution in [2.24, 2.45) is 11.3 Å². The van der Waals surface area contributed by atoms with Crippen LogP contribution in [0.1, 0.15) is 59.3 Å². The van der Waals surface area contributed by atoms with Gasteiger partial charge in [0.25, 0.3) is 0 Å². The number of alkyl halides is 1. The van der Waals surface area contributed by atoms with E-state index in [0.717, 1.165) is 24.6 Å². The fourth-order valence-electron chi connectivity index (χ4n) is 2.78. The third kappa shape index (κ3) is 4.61. The molecule has 1 fully saturated rings. The molecule has 1 rings (SSSR count). The molecule has 1 aliphatic carbocycles. The summed E-state index contributed by atoms with van der Waals surface area (Å²) < 4.78 is 0. The number of amides is 1. The van der Waals surface area contributed by atoms with Crippen molar-refractivity contribution in [1.29, 1.82) is 0 Å². The zero-order chi connectivity index (χ0) is 12.9. The van der Waals surface area contributed by atoms with E-state index in [1.165, 1.54) is 19.3 Å². The third-order valence-corrected chi connectivity index (χ3v) is 4.54. The maximum atomic E-state index is 12.3. The number of rotatable bonds is 5. The van der Waals surface area contributed by atoms with Crippen molar-refractivity contribution in [1.82, 2.24) is 5.32 Å². The molecule has 0 spiro atoms. The SMILES string of the molecule is CC(CCCBr)NC(=O)C1CCCCC1(C)C. The van der Waals surface area contributed by atoms with E-state index in [0.29, 0.717) is 6.04 Å². The van der Waals surface area contributed by atoms with Crippen molar-refractivity contribution >= 4 is 21.8 Å². The van der Waals surface area contributed by atoms with E-state index in [1.807, 2.05) is 0 Å². The van der Waals surface area contributed by atoms with Crippen LogP contribution in [-0.4, -0.2) is 17.3 Å². The van der Waals surface area contributed by atoms with E-state index < -0.39 is 0 Å². The van der Waals surface area contributed by atoms with Gasteiger partial charge in [0.05, 0.1) is 0 Å². The van der Waals surface area contributed by atoms with Crippen molar-refractivity contribution in [2.75, 3.05) is 5.33 Å². The normalized spacial score (nSPS) is 25.3. The van der Waals surface area contributed by atoms with Gasteiger partial charge in [-0.25, -0.2) is 0 Å². The van der Waals surface area contributed by atoms with Gasteiger partial charge < -0.3 is 5.32 Å². The predicted molar refractivity (Wildman–Crippen MR) is 76.4 cm³/mol. The van der Waals surface area contributed by atoms with E-state index in [9.17, 15) is 4.79 Å². The van der Waals surface area contributed by atoms with Crippen molar-refractivity contribution in [3.63, 3.8) is 0 Å². The lowest BCUT2D eigenvalue weighted by atomic mass is 9.68. The van der Waals surface area contributed by atoms with Crippen LogP contribution in [0, 0.1) is 11.3 Å². The Morgan fingerprint density at radius 3 is 2.76 bits per heavy atom. The predicted octanol–water partition coefficient (Wildman–Crippen LogP) is 3.88. The first kappa shape index (κ1) is 15.0. The topological polar surface area (TPSA) is 29.1 Å². The van der Waals surface area contributed by atoms with E-state index in [1.54, 1.807) is 0 Å². The molecule has 0 aromatic rings. The minimum Gasteiger partial charge on any atom is -0.353 e. The summed E-state index contributed by atoms with van der Waals surface area (Å²) in [6.45, 7) is 6.58. The summed E-state index contributed by atoms with van der Waals surface area (Å²) in [5.41, 5.74) is 0.178. The first-order chi connectivity index (χ1) is 7.97. The Kier molecular flexibility index (Phi) is 5.98. The van der Waals surface area contributed by atoms with Crippen LogP contribution in [0.25, 0.3) is 0 Å². The van der Waals surface area contributed by atoms with E-state index in [4.69, 9.17) is 0 Å². The molecule has 0 aromatic heterocycles. The summed E-state index contributed by atoms with van der Waals surface area (Å²) in [5, 5.41) is 4.20. The first-order valence-electron chi connectivity index (χ1n) is 6.83. The fraction of sp³-hybridized carbons (Fsp3) is 0.929. The molecular formula is C14H26BrNO. The van der Waals surface area contributed by atoms with Gasteiger partial charge in [0.2, 0.25) is 5.91 Å². The van der Waals surface area contributed by atoms with Crippen LogP contribution in [-0.2, 0) is 4.79 Å². The van der Waals surface area contributed by atoms with Crippen molar-refractivity contribution in [3.8, 4) is 0 Å². The molecule has 2 unspecified atom stereocenters. The summed E-state index contributed by atoms with van der Waals surface area (Å²) in [4.78, 5) is 12.3. The number of nitrogens with one attached hydrogen (secondary N) is 1. The van der Waals surface area contributed by atoms with E-state index in [-0.39, 0.29) is 17.2 Å². The van der Waals surface area contributed by atoms with Crippen molar-refractivity contribution in [3.05, 3.63) is 0 Å². The summed E-state index contributed by atoms with van der Waals surface area (Å²) in [7, 11) is 0. The Bertz CT molecular complexity index is 253. The number of halogens is 1. The second-order valence-electron chi connectivity index (χ2n) is 6.03. The highest BCUT2D eigenvalue weighted by molar-refractivity contribution is 9.09. The summed E-state index contributed by atoms with van der Waals surface area (Å²) in [5.74, 6) is 0.486. The van der Waals surface area contributed by atoms with Crippen LogP contribution in [0.4, 0.5) is 0 Å². The molecular weight excluding hydrogens is 278 g/mol. The Morgan fingerprint density at radius 2 is 2.18 bits per heavy atom. The highest BCUT2D eigenvalue weighted by Crippen LogP contribution is 2.40. The number of hydrogen-bond acceptors (Lipinski definition) is 1. The maximum Gasteiger partial charge on any atom is 0.223 e. The van der Waals surface area contributed by atoms with Crippen LogP contribution in [0.15, 0.2) is 0 Å². The molecule has 1 saturated carbocycles. The lowest BCUT2D eigenvalue weighted by Gasteiger charge is -2.38. The minimum absolute atomic E-state index is 0.178. The monoisotopic (exact) mass is 303 g/mol. The molecule has 17 heavy (non-hydrogen) atoms. The largest absolute Gasteiger partial charge is 0.353 e. The standard InChI is InChI=1S/C14H26BrNO/c1-11(7-6-10-15)16-13(17)12-8-4-5-9-14(12,2)3/h11-12H,4-10H2,1-3H3,(H,16,17). The molecule has 1 amide bonds. The zero-order valence-corrected chi connectivity index (χ0v) is 13.0. The highest BCUT2D eigenvalue weighted by Gasteiger charge is 2.37. The van der Waals surface area contributed by atoms with Gasteiger partial charge in [0.15, 0.2) is 0 Å². The Morgan fingerprint density at radius 1 is 1.47 bits per heavy atom. The Balaban J connectivity index is 2.45. The smallest absolute Gasteiger partial charge is 0.223 e. The van der Waals surface area contributed by atoms with Crippen LogP contribution in [0.5, 0.6) is 0 Å². The number of carbonyl (C=O) groups excluding carboxylic acids is 1. The molecule has 2 atom stereocenters. The van der Waals surface area contributed by atoms with Crippen LogP contribution in [0.2, 0.25) is 0 Å². The second kappa shape index (κ2) is 6.77. The number of carbonyl (C=O) groups is 1. The average Bonchev–Trinajstić information content (AvgIpc) is 2.25. The fourth-order valence-corrected chi connectivity index (χ4v) is 3.10. The molecule has 2 nitrogen and oxygen atoms in total. The summed E-state index contributed by atoms with van der Waals surface area (Å²) in [6.07, 6.45) is 6.90. The molecule has 0 radical (unpaired) electrons. The van der Waals surface area contributed by atoms with Gasteiger partial charge in [0, 0.05) is 17.3 Å². The molecule has 3 heteroatoms. The lowest BCUT2D eigenvalue weighted by molar-refractivity contribution is -0.130. The van der Waals surface area contributed by atoms with E-state index in [2.05, 4.69) is 42.0 Å². The van der Waals surface area contributed by atoms with Gasteiger partial charge >= 0.3 is 0 Å². The molecule has 1 N–H and O–H groups in total. The Hall–Kier alpha value is -0.0500. The van der Waals surface area contributed by atoms with Gasteiger partial charge in [-0.3, -0.25) is 4.79 Å². The van der Waals surface area contributed by atoms with Gasteiger partial charge in [0.1, 0.15) is 0 Å². The maximum absolute atomic E-state index is 12.3. The summed E-state index contributed by atoms with van der Waals surface area (Å²) >= 11 is 3.43. The van der Waals surface area contributed by atoms with Crippen molar-refractivity contribution in [2.45, 2.75) is 65.3 Å². The highest BCUT2D eigenvalue weighted by atomic mass is 79.9. The second-order valence-corrected chi connectivity index (χ2v) is 6.82. The molecule has 0 aromatic carbocycles. The number of hydrogen-bond donors (Lipinski definition) is 1.